The van der Waals surface area contributed by atoms with E-state index < -0.39 is 0 Å². The van der Waals surface area contributed by atoms with Crippen LogP contribution in [0.3, 0.4) is 0 Å². The summed E-state index contributed by atoms with van der Waals surface area (Å²) in [6.45, 7) is 8.22. The van der Waals surface area contributed by atoms with Crippen LogP contribution in [0.15, 0.2) is 5.38 Å². The third-order valence-electron chi connectivity index (χ3n) is 4.23. The van der Waals surface area contributed by atoms with E-state index in [1.54, 1.807) is 0 Å². The Bertz CT molecular complexity index is 369. The molecule has 1 N–H and O–H groups in total. The molecule has 3 nitrogen and oxygen atoms in total. The lowest BCUT2D eigenvalue weighted by molar-refractivity contribution is 0.192. The van der Waals surface area contributed by atoms with Gasteiger partial charge in [0.2, 0.25) is 0 Å². The van der Waals surface area contributed by atoms with Gasteiger partial charge in [0.25, 0.3) is 0 Å². The summed E-state index contributed by atoms with van der Waals surface area (Å²) >= 11 is 1.85. The topological polar surface area (TPSA) is 28.2 Å². The van der Waals surface area contributed by atoms with E-state index in [2.05, 4.69) is 29.4 Å². The van der Waals surface area contributed by atoms with Gasteiger partial charge in [0.15, 0.2) is 0 Å². The number of nitrogens with zero attached hydrogens (tertiary/aromatic N) is 2. The number of rotatable bonds is 6. The van der Waals surface area contributed by atoms with E-state index in [4.69, 9.17) is 4.98 Å². The molecule has 0 amide bonds. The van der Waals surface area contributed by atoms with Crippen molar-refractivity contribution in [3.8, 4) is 0 Å². The van der Waals surface area contributed by atoms with E-state index in [1.807, 2.05) is 18.4 Å². The summed E-state index contributed by atoms with van der Waals surface area (Å²) in [5.74, 6) is 0.850. The van der Waals surface area contributed by atoms with E-state index in [9.17, 15) is 0 Å². The fraction of sp³-hybridized carbons (Fsp3) is 0.800. The van der Waals surface area contributed by atoms with Gasteiger partial charge >= 0.3 is 0 Å². The first-order chi connectivity index (χ1) is 9.21. The molecule has 1 aliphatic rings. The molecule has 0 radical (unpaired) electrons. The van der Waals surface area contributed by atoms with Gasteiger partial charge in [-0.15, -0.1) is 11.3 Å². The molecule has 2 heterocycles. The normalized spacial score (nSPS) is 19.7. The molecule has 1 aromatic heterocycles. The average Bonchev–Trinajstić information content (AvgIpc) is 2.86. The Hall–Kier alpha value is -0.450. The summed E-state index contributed by atoms with van der Waals surface area (Å²) in [4.78, 5) is 7.35. The Labute approximate surface area is 121 Å². The highest BCUT2D eigenvalue weighted by molar-refractivity contribution is 7.09. The highest BCUT2D eigenvalue weighted by Crippen LogP contribution is 2.23. The second-order valence-corrected chi connectivity index (χ2v) is 6.65. The van der Waals surface area contributed by atoms with E-state index in [-0.39, 0.29) is 0 Å². The first-order valence-corrected chi connectivity index (χ1v) is 8.42. The highest BCUT2D eigenvalue weighted by Gasteiger charge is 2.19. The molecule has 19 heavy (non-hydrogen) atoms. The maximum Gasteiger partial charge on any atom is 0.0931 e. The molecule has 1 unspecified atom stereocenters. The van der Waals surface area contributed by atoms with Crippen LogP contribution < -0.4 is 5.32 Å². The van der Waals surface area contributed by atoms with E-state index in [0.29, 0.717) is 6.04 Å². The van der Waals surface area contributed by atoms with E-state index in [0.717, 1.165) is 12.3 Å². The second-order valence-electron chi connectivity index (χ2n) is 5.71. The van der Waals surface area contributed by atoms with Gasteiger partial charge in [0.05, 0.1) is 10.7 Å². The van der Waals surface area contributed by atoms with Crippen molar-refractivity contribution in [2.45, 2.75) is 45.6 Å². The van der Waals surface area contributed by atoms with Crippen molar-refractivity contribution in [3.05, 3.63) is 16.1 Å². The molecular formula is C15H27N3S. The standard InChI is InChI=1S/C15H27N3S/c1-4-18-7-5-13(6-8-18)10-15-17-14(11-19-15)9-12(2)16-3/h11-13,16H,4-10H2,1-3H3. The minimum atomic E-state index is 0.516. The van der Waals surface area contributed by atoms with Crippen LogP contribution in [-0.4, -0.2) is 42.6 Å². The SMILES string of the molecule is CCN1CCC(Cc2nc(CC(C)NC)cs2)CC1. The fourth-order valence-electron chi connectivity index (χ4n) is 2.71. The van der Waals surface area contributed by atoms with E-state index >= 15 is 0 Å². The fourth-order valence-corrected chi connectivity index (χ4v) is 3.63. The lowest BCUT2D eigenvalue weighted by Gasteiger charge is -2.30. The monoisotopic (exact) mass is 281 g/mol. The molecule has 1 fully saturated rings. The lowest BCUT2D eigenvalue weighted by Crippen LogP contribution is -2.34. The maximum absolute atomic E-state index is 4.80. The third kappa shape index (κ3) is 4.55. The first-order valence-electron chi connectivity index (χ1n) is 7.54. The summed E-state index contributed by atoms with van der Waals surface area (Å²) in [7, 11) is 2.01. The minimum Gasteiger partial charge on any atom is -0.317 e. The van der Waals surface area contributed by atoms with Crippen molar-refractivity contribution >= 4 is 11.3 Å². The van der Waals surface area contributed by atoms with Crippen molar-refractivity contribution in [3.63, 3.8) is 0 Å². The first kappa shape index (κ1) is 14.9. The summed E-state index contributed by atoms with van der Waals surface area (Å²) in [5, 5.41) is 6.86. The predicted octanol–water partition coefficient (Wildman–Crippen LogP) is 2.57. The van der Waals surface area contributed by atoms with Gasteiger partial charge in [-0.1, -0.05) is 6.92 Å². The quantitative estimate of drug-likeness (QED) is 0.868. The molecule has 0 bridgehead atoms. The Kier molecular flexibility index (Phi) is 5.79. The van der Waals surface area contributed by atoms with Crippen LogP contribution in [0.5, 0.6) is 0 Å². The largest absolute Gasteiger partial charge is 0.317 e. The number of likely N-dealkylation sites (tertiary alicyclic amines) is 1. The minimum absolute atomic E-state index is 0.516. The van der Waals surface area contributed by atoms with Gasteiger partial charge in [-0.3, -0.25) is 0 Å². The molecule has 1 aromatic rings. The van der Waals surface area contributed by atoms with Crippen LogP contribution in [0.1, 0.15) is 37.4 Å². The van der Waals surface area contributed by atoms with Gasteiger partial charge in [0, 0.05) is 24.3 Å². The van der Waals surface area contributed by atoms with Crippen molar-refractivity contribution in [2.75, 3.05) is 26.7 Å². The van der Waals surface area contributed by atoms with Crippen molar-refractivity contribution in [1.29, 1.82) is 0 Å². The number of thiazole rings is 1. The van der Waals surface area contributed by atoms with Crippen molar-refractivity contribution in [1.82, 2.24) is 15.2 Å². The molecular weight excluding hydrogens is 254 g/mol. The smallest absolute Gasteiger partial charge is 0.0931 e. The molecule has 0 aliphatic carbocycles. The zero-order valence-corrected chi connectivity index (χ0v) is 13.3. The Morgan fingerprint density at radius 2 is 2.21 bits per heavy atom. The van der Waals surface area contributed by atoms with Crippen LogP contribution in [0, 0.1) is 5.92 Å². The van der Waals surface area contributed by atoms with Crippen molar-refractivity contribution in [2.24, 2.45) is 5.92 Å². The van der Waals surface area contributed by atoms with Crippen LogP contribution >= 0.6 is 11.3 Å². The molecule has 2 rings (SSSR count). The zero-order valence-electron chi connectivity index (χ0n) is 12.5. The molecule has 1 saturated heterocycles. The van der Waals surface area contributed by atoms with Gasteiger partial charge in [0.1, 0.15) is 0 Å². The molecule has 0 saturated carbocycles. The summed E-state index contributed by atoms with van der Waals surface area (Å²) in [5.41, 5.74) is 1.26. The van der Waals surface area contributed by atoms with Crippen LogP contribution in [0.2, 0.25) is 0 Å². The zero-order chi connectivity index (χ0) is 13.7. The number of piperidine rings is 1. The Morgan fingerprint density at radius 3 is 2.84 bits per heavy atom. The number of aromatic nitrogens is 1. The number of hydrogen-bond acceptors (Lipinski definition) is 4. The molecule has 108 valence electrons. The Morgan fingerprint density at radius 1 is 1.47 bits per heavy atom. The number of hydrogen-bond donors (Lipinski definition) is 1. The van der Waals surface area contributed by atoms with Gasteiger partial charge < -0.3 is 10.2 Å². The van der Waals surface area contributed by atoms with Gasteiger partial charge in [-0.05, 0) is 52.4 Å². The van der Waals surface area contributed by atoms with Crippen LogP contribution in [0.4, 0.5) is 0 Å². The average molecular weight is 281 g/mol. The predicted molar refractivity (Wildman–Crippen MR) is 82.9 cm³/mol. The Balaban J connectivity index is 1.80. The molecule has 0 spiro atoms. The summed E-state index contributed by atoms with van der Waals surface area (Å²) in [6.07, 6.45) is 4.92. The lowest BCUT2D eigenvalue weighted by atomic mass is 9.94. The van der Waals surface area contributed by atoms with Crippen molar-refractivity contribution < 1.29 is 0 Å². The summed E-state index contributed by atoms with van der Waals surface area (Å²) in [6, 6.07) is 0.516. The second kappa shape index (κ2) is 7.36. The molecule has 1 atom stereocenters. The maximum atomic E-state index is 4.80. The van der Waals surface area contributed by atoms with Gasteiger partial charge in [-0.2, -0.15) is 0 Å². The number of likely N-dealkylation sites (N-methyl/N-ethyl adjacent to an activating group) is 1. The highest BCUT2D eigenvalue weighted by atomic mass is 32.1. The molecule has 0 aromatic carbocycles. The van der Waals surface area contributed by atoms with E-state index in [1.165, 1.54) is 49.6 Å². The molecule has 1 aliphatic heterocycles. The number of nitrogens with one attached hydrogen (secondary N) is 1. The third-order valence-corrected chi connectivity index (χ3v) is 5.15. The summed E-state index contributed by atoms with van der Waals surface area (Å²) < 4.78 is 0. The van der Waals surface area contributed by atoms with Crippen LogP contribution in [0.25, 0.3) is 0 Å². The molecule has 4 heteroatoms. The van der Waals surface area contributed by atoms with Crippen LogP contribution in [-0.2, 0) is 12.8 Å². The van der Waals surface area contributed by atoms with Gasteiger partial charge in [-0.25, -0.2) is 4.98 Å².